The highest BCUT2D eigenvalue weighted by Gasteiger charge is 2.43. The molecule has 118 valence electrons. The van der Waals surface area contributed by atoms with Crippen LogP contribution in [0.1, 0.15) is 53.9 Å². The van der Waals surface area contributed by atoms with Gasteiger partial charge >= 0.3 is 8.80 Å². The van der Waals surface area contributed by atoms with Crippen LogP contribution < -0.4 is 0 Å². The zero-order chi connectivity index (χ0) is 15.0. The van der Waals surface area contributed by atoms with E-state index in [1.54, 1.807) is 0 Å². The minimum atomic E-state index is -2.48. The Hall–Kier alpha value is -0.163. The number of hydrogen-bond donors (Lipinski definition) is 0. The van der Waals surface area contributed by atoms with Gasteiger partial charge in [-0.15, -0.1) is 0 Å². The van der Waals surface area contributed by atoms with E-state index in [-0.39, 0.29) is 0 Å². The number of hydrogen-bond acceptors (Lipinski definition) is 3. The van der Waals surface area contributed by atoms with E-state index in [9.17, 15) is 0 Å². The first-order valence-electron chi connectivity index (χ1n) is 8.14. The van der Waals surface area contributed by atoms with Crippen LogP contribution in [0.2, 0.25) is 6.04 Å². The van der Waals surface area contributed by atoms with E-state index in [4.69, 9.17) is 13.3 Å². The monoisotopic (exact) mass is 300 g/mol. The maximum atomic E-state index is 5.97. The fraction of sp³-hybridized carbons (Fsp3) is 0.875. The summed E-state index contributed by atoms with van der Waals surface area (Å²) < 4.78 is 17.9. The number of rotatable bonds is 9. The van der Waals surface area contributed by atoms with E-state index in [2.05, 4.69) is 19.9 Å². The van der Waals surface area contributed by atoms with Crippen molar-refractivity contribution in [2.45, 2.75) is 59.9 Å². The van der Waals surface area contributed by atoms with Gasteiger partial charge in [-0.05, 0) is 58.8 Å². The van der Waals surface area contributed by atoms with Crippen molar-refractivity contribution in [1.82, 2.24) is 0 Å². The molecule has 0 aromatic rings. The third kappa shape index (κ3) is 5.32. The van der Waals surface area contributed by atoms with Crippen LogP contribution in [0, 0.1) is 11.8 Å². The molecule has 0 saturated carbocycles. The average molecular weight is 301 g/mol. The van der Waals surface area contributed by atoms with Crippen molar-refractivity contribution in [2.24, 2.45) is 11.8 Å². The topological polar surface area (TPSA) is 27.7 Å². The van der Waals surface area contributed by atoms with E-state index < -0.39 is 8.80 Å². The van der Waals surface area contributed by atoms with Crippen LogP contribution in [0.15, 0.2) is 11.6 Å². The molecular formula is C16H32O3Si. The summed E-state index contributed by atoms with van der Waals surface area (Å²) in [4.78, 5) is 0. The van der Waals surface area contributed by atoms with Gasteiger partial charge in [-0.3, -0.25) is 0 Å². The lowest BCUT2D eigenvalue weighted by atomic mass is 9.83. The van der Waals surface area contributed by atoms with Gasteiger partial charge in [0.15, 0.2) is 0 Å². The van der Waals surface area contributed by atoms with Crippen LogP contribution in [-0.2, 0) is 13.3 Å². The zero-order valence-corrected chi connectivity index (χ0v) is 14.9. The lowest BCUT2D eigenvalue weighted by Crippen LogP contribution is -2.48. The van der Waals surface area contributed by atoms with Crippen molar-refractivity contribution < 1.29 is 13.3 Å². The largest absolute Gasteiger partial charge is 0.501 e. The Kier molecular flexibility index (Phi) is 8.03. The molecule has 0 N–H and O–H groups in total. The normalized spacial score (nSPS) is 21.6. The first-order chi connectivity index (χ1) is 9.56. The first-order valence-corrected chi connectivity index (χ1v) is 10.1. The molecule has 1 rings (SSSR count). The summed E-state index contributed by atoms with van der Waals surface area (Å²) in [5, 5.41) is 0. The van der Waals surface area contributed by atoms with Gasteiger partial charge in [-0.25, -0.2) is 0 Å². The van der Waals surface area contributed by atoms with Crippen molar-refractivity contribution in [3.63, 3.8) is 0 Å². The summed E-state index contributed by atoms with van der Waals surface area (Å²) >= 11 is 0. The highest BCUT2D eigenvalue weighted by molar-refractivity contribution is 6.60. The molecule has 0 amide bonds. The van der Waals surface area contributed by atoms with Gasteiger partial charge in [0.2, 0.25) is 0 Å². The lowest BCUT2D eigenvalue weighted by Gasteiger charge is -2.34. The van der Waals surface area contributed by atoms with Gasteiger partial charge in [0.1, 0.15) is 0 Å². The predicted octanol–water partition coefficient (Wildman–Crippen LogP) is 4.42. The lowest BCUT2D eigenvalue weighted by molar-refractivity contribution is 0.0645. The van der Waals surface area contributed by atoms with Gasteiger partial charge in [-0.2, -0.15) is 0 Å². The minimum absolute atomic E-state index is 0.593. The highest BCUT2D eigenvalue weighted by atomic mass is 28.4. The van der Waals surface area contributed by atoms with Crippen LogP contribution in [0.25, 0.3) is 0 Å². The summed E-state index contributed by atoms with van der Waals surface area (Å²) in [6, 6.07) is 0.945. The second-order valence-corrected chi connectivity index (χ2v) is 8.39. The minimum Gasteiger partial charge on any atom is -0.374 e. The second kappa shape index (κ2) is 8.98. The molecule has 0 radical (unpaired) electrons. The predicted molar refractivity (Wildman–Crippen MR) is 85.7 cm³/mol. The van der Waals surface area contributed by atoms with Crippen molar-refractivity contribution in [3.8, 4) is 0 Å². The Balaban J connectivity index is 2.67. The molecule has 0 heterocycles. The third-order valence-corrected chi connectivity index (χ3v) is 7.48. The number of allylic oxidation sites excluding steroid dienone is 2. The van der Waals surface area contributed by atoms with Gasteiger partial charge in [-0.1, -0.05) is 18.6 Å². The standard InChI is InChI=1S/C16H32O3Si/c1-6-17-20(18-7-2,19-8-3)13-15(5)16-11-9-14(4)10-12-16/h9,15-16H,6-8,10-13H2,1-5H3/t15-,16-/m0/s1. The van der Waals surface area contributed by atoms with E-state index in [1.165, 1.54) is 24.8 Å². The van der Waals surface area contributed by atoms with Crippen LogP contribution in [0.3, 0.4) is 0 Å². The van der Waals surface area contributed by atoms with Crippen LogP contribution in [-0.4, -0.2) is 28.6 Å². The molecule has 2 atom stereocenters. The molecule has 0 aliphatic heterocycles. The molecular weight excluding hydrogens is 268 g/mol. The van der Waals surface area contributed by atoms with Gasteiger partial charge < -0.3 is 13.3 Å². The molecule has 4 heteroatoms. The van der Waals surface area contributed by atoms with Gasteiger partial charge in [0, 0.05) is 25.9 Å². The average Bonchev–Trinajstić information content (AvgIpc) is 2.40. The fourth-order valence-electron chi connectivity index (χ4n) is 3.02. The maximum Gasteiger partial charge on any atom is 0.501 e. The molecule has 20 heavy (non-hydrogen) atoms. The summed E-state index contributed by atoms with van der Waals surface area (Å²) in [5.41, 5.74) is 1.54. The molecule has 0 fully saturated rings. The van der Waals surface area contributed by atoms with E-state index in [1.807, 2.05) is 20.8 Å². The van der Waals surface area contributed by atoms with Crippen LogP contribution >= 0.6 is 0 Å². The summed E-state index contributed by atoms with van der Waals surface area (Å²) in [6.45, 7) is 12.7. The van der Waals surface area contributed by atoms with E-state index in [0.717, 1.165) is 12.0 Å². The Morgan fingerprint density at radius 1 is 1.15 bits per heavy atom. The quantitative estimate of drug-likeness (QED) is 0.466. The van der Waals surface area contributed by atoms with E-state index >= 15 is 0 Å². The molecule has 0 unspecified atom stereocenters. The molecule has 0 aromatic carbocycles. The van der Waals surface area contributed by atoms with Crippen molar-refractivity contribution in [1.29, 1.82) is 0 Å². The molecule has 0 saturated heterocycles. The molecule has 1 aliphatic rings. The Labute approximate surface area is 126 Å². The second-order valence-electron chi connectivity index (χ2n) is 5.75. The van der Waals surface area contributed by atoms with Crippen molar-refractivity contribution in [2.75, 3.05) is 19.8 Å². The molecule has 0 spiro atoms. The SMILES string of the molecule is CCO[Si](C[C@H](C)[C@H]1CC=C(C)CC1)(OCC)OCC. The van der Waals surface area contributed by atoms with Crippen LogP contribution in [0.5, 0.6) is 0 Å². The Morgan fingerprint density at radius 3 is 2.10 bits per heavy atom. The highest BCUT2D eigenvalue weighted by Crippen LogP contribution is 2.34. The first kappa shape index (κ1) is 17.9. The van der Waals surface area contributed by atoms with Crippen molar-refractivity contribution in [3.05, 3.63) is 11.6 Å². The smallest absolute Gasteiger partial charge is 0.374 e. The summed E-state index contributed by atoms with van der Waals surface area (Å²) in [5.74, 6) is 1.34. The third-order valence-electron chi connectivity index (χ3n) is 4.15. The Bertz CT molecular complexity index is 287. The van der Waals surface area contributed by atoms with Crippen LogP contribution in [0.4, 0.5) is 0 Å². The molecule has 0 aromatic heterocycles. The molecule has 0 bridgehead atoms. The maximum absolute atomic E-state index is 5.97. The van der Waals surface area contributed by atoms with Gasteiger partial charge in [0.25, 0.3) is 0 Å². The fourth-order valence-corrected chi connectivity index (χ4v) is 6.07. The molecule has 1 aliphatic carbocycles. The summed E-state index contributed by atoms with van der Waals surface area (Å²) in [7, 11) is -2.48. The summed E-state index contributed by atoms with van der Waals surface area (Å²) in [6.07, 6.45) is 6.12. The van der Waals surface area contributed by atoms with Crippen molar-refractivity contribution >= 4 is 8.80 Å². The zero-order valence-electron chi connectivity index (χ0n) is 13.9. The molecule has 3 nitrogen and oxygen atoms in total. The van der Waals surface area contributed by atoms with E-state index in [0.29, 0.717) is 25.7 Å². The Morgan fingerprint density at radius 2 is 1.70 bits per heavy atom. The van der Waals surface area contributed by atoms with Gasteiger partial charge in [0.05, 0.1) is 0 Å².